The molecule has 0 atom stereocenters. The molecule has 0 unspecified atom stereocenters. The molecule has 0 radical (unpaired) electrons. The van der Waals surface area contributed by atoms with E-state index in [0.717, 1.165) is 0 Å². The summed E-state index contributed by atoms with van der Waals surface area (Å²) in [6, 6.07) is 0. The monoisotopic (exact) mass is 132 g/mol. The molecule has 4 nitrogen and oxygen atoms in total. The van der Waals surface area contributed by atoms with Crippen LogP contribution in [0.15, 0.2) is 0 Å². The third-order valence-electron chi connectivity index (χ3n) is 0.906. The van der Waals surface area contributed by atoms with Gasteiger partial charge in [0.1, 0.15) is 0 Å². The van der Waals surface area contributed by atoms with E-state index in [0.29, 0.717) is 6.42 Å². The summed E-state index contributed by atoms with van der Waals surface area (Å²) in [5.74, 6) is -1.40. The summed E-state index contributed by atoms with van der Waals surface area (Å²) in [6.45, 7) is 3.23. The van der Waals surface area contributed by atoms with E-state index < -0.39 is 5.97 Å². The highest BCUT2D eigenvalue weighted by Crippen LogP contribution is 2.29. The molecule has 0 aliphatic carbocycles. The second-order valence-corrected chi connectivity index (χ2v) is 1.86. The molecule has 0 amide bonds. The van der Waals surface area contributed by atoms with E-state index in [4.69, 9.17) is 0 Å². The topological polar surface area (TPSA) is 51.4 Å². The molecule has 0 saturated carbocycles. The fourth-order valence-electron chi connectivity index (χ4n) is 0.372. The molecule has 52 valence electrons. The molecule has 1 rings (SSSR count). The highest BCUT2D eigenvalue weighted by molar-refractivity contribution is 5.69. The van der Waals surface area contributed by atoms with Crippen LogP contribution in [0.2, 0.25) is 0 Å². The fraction of sp³-hybridized carbons (Fsp3) is 0.800. The summed E-state index contributed by atoms with van der Waals surface area (Å²) in [5, 5.41) is 0. The lowest BCUT2D eigenvalue weighted by molar-refractivity contribution is -0.158. The fourth-order valence-corrected chi connectivity index (χ4v) is 0.372. The average Bonchev–Trinajstić information content (AvgIpc) is 2.48. The summed E-state index contributed by atoms with van der Waals surface area (Å²) >= 11 is 0. The van der Waals surface area contributed by atoms with Gasteiger partial charge in [-0.15, -0.1) is 0 Å². The van der Waals surface area contributed by atoms with Gasteiger partial charge in [-0.2, -0.15) is 9.78 Å². The highest BCUT2D eigenvalue weighted by Gasteiger charge is 2.48. The van der Waals surface area contributed by atoms with Gasteiger partial charge in [-0.25, -0.2) is 0 Å². The van der Waals surface area contributed by atoms with Crippen molar-refractivity contribution in [2.45, 2.75) is 26.2 Å². The molecular formula is C5H8O4. The normalized spacial score (nSPS) is 21.1. The Labute approximate surface area is 52.6 Å². The van der Waals surface area contributed by atoms with E-state index in [1.807, 2.05) is 0 Å². The molecule has 0 aromatic heterocycles. The molecule has 9 heavy (non-hydrogen) atoms. The van der Waals surface area contributed by atoms with E-state index in [1.165, 1.54) is 6.92 Å². The molecule has 1 saturated heterocycles. The Morgan fingerprint density at radius 1 is 1.67 bits per heavy atom. The van der Waals surface area contributed by atoms with Crippen molar-refractivity contribution >= 4 is 5.97 Å². The maximum atomic E-state index is 10.5. The lowest BCUT2D eigenvalue weighted by atomic mass is 10.5. The average molecular weight is 132 g/mol. The smallest absolute Gasteiger partial charge is 0.380 e. The molecular weight excluding hydrogens is 124 g/mol. The van der Waals surface area contributed by atoms with Gasteiger partial charge < -0.3 is 4.74 Å². The maximum Gasteiger partial charge on any atom is 0.380 e. The van der Waals surface area contributed by atoms with Gasteiger partial charge in [0.15, 0.2) is 0 Å². The quantitative estimate of drug-likeness (QED) is 0.313. The number of hydrogen-bond donors (Lipinski definition) is 0. The van der Waals surface area contributed by atoms with Gasteiger partial charge >= 0.3 is 11.9 Å². The van der Waals surface area contributed by atoms with E-state index in [9.17, 15) is 4.79 Å². The minimum Gasteiger partial charge on any atom is -0.404 e. The molecule has 0 spiro atoms. The van der Waals surface area contributed by atoms with Gasteiger partial charge in [-0.3, -0.25) is 4.79 Å². The number of carbonyl (C=O) groups is 1. The van der Waals surface area contributed by atoms with Gasteiger partial charge in [-0.1, -0.05) is 6.92 Å². The van der Waals surface area contributed by atoms with Crippen molar-refractivity contribution in [1.82, 2.24) is 0 Å². The zero-order valence-electron chi connectivity index (χ0n) is 5.34. The second-order valence-electron chi connectivity index (χ2n) is 1.86. The van der Waals surface area contributed by atoms with E-state index in [1.54, 1.807) is 6.92 Å². The van der Waals surface area contributed by atoms with Crippen LogP contribution in [0, 0.1) is 0 Å². The lowest BCUT2D eigenvalue weighted by Gasteiger charge is -1.99. The number of rotatable bonds is 2. The van der Waals surface area contributed by atoms with Crippen LogP contribution < -0.4 is 0 Å². The first kappa shape index (κ1) is 6.51. The number of carbonyl (C=O) groups excluding carboxylic acids is 1. The third kappa shape index (κ3) is 1.65. The molecule has 0 aromatic carbocycles. The summed E-state index contributed by atoms with van der Waals surface area (Å²) in [4.78, 5) is 19.1. The van der Waals surface area contributed by atoms with Gasteiger partial charge in [0, 0.05) is 13.3 Å². The third-order valence-corrected chi connectivity index (χ3v) is 0.906. The molecule has 1 heterocycles. The van der Waals surface area contributed by atoms with Crippen LogP contribution in [0.4, 0.5) is 0 Å². The van der Waals surface area contributed by atoms with E-state index >= 15 is 0 Å². The van der Waals surface area contributed by atoms with Gasteiger partial charge in [0.25, 0.3) is 0 Å². The first-order chi connectivity index (χ1) is 4.16. The molecule has 1 aliphatic rings. The Hall–Kier alpha value is -0.610. The minimum absolute atomic E-state index is 0.324. The minimum atomic E-state index is -1.08. The number of ether oxygens (including phenoxy) is 1. The lowest BCUT2D eigenvalue weighted by Crippen LogP contribution is -2.15. The zero-order valence-corrected chi connectivity index (χ0v) is 5.34. The molecule has 0 aromatic rings. The van der Waals surface area contributed by atoms with Gasteiger partial charge in [-0.05, 0) is 0 Å². The van der Waals surface area contributed by atoms with Crippen molar-refractivity contribution in [3.63, 3.8) is 0 Å². The maximum absolute atomic E-state index is 10.5. The predicted molar refractivity (Wildman–Crippen MR) is 27.0 cm³/mol. The standard InChI is InChI=1S/C5H8O4/c1-3-4(6)7-5(2)8-9-5/h3H2,1-2H3. The Kier molecular flexibility index (Phi) is 1.42. The van der Waals surface area contributed by atoms with Crippen molar-refractivity contribution in [3.8, 4) is 0 Å². The van der Waals surface area contributed by atoms with Crippen LogP contribution in [-0.2, 0) is 19.3 Å². The van der Waals surface area contributed by atoms with E-state index in [-0.39, 0.29) is 5.97 Å². The van der Waals surface area contributed by atoms with Crippen LogP contribution in [0.25, 0.3) is 0 Å². The Morgan fingerprint density at radius 2 is 2.22 bits per heavy atom. The molecule has 1 aliphatic heterocycles. The second kappa shape index (κ2) is 1.97. The van der Waals surface area contributed by atoms with Crippen molar-refractivity contribution < 1.29 is 19.3 Å². The number of esters is 1. The highest BCUT2D eigenvalue weighted by atomic mass is 17.4. The molecule has 0 bridgehead atoms. The predicted octanol–water partition coefficient (Wildman–Crippen LogP) is 0.575. The van der Waals surface area contributed by atoms with Crippen LogP contribution in [0.3, 0.4) is 0 Å². The first-order valence-electron chi connectivity index (χ1n) is 2.75. The summed E-state index contributed by atoms with van der Waals surface area (Å²) in [7, 11) is 0. The summed E-state index contributed by atoms with van der Waals surface area (Å²) < 4.78 is 4.61. The summed E-state index contributed by atoms with van der Waals surface area (Å²) in [5.41, 5.74) is 0. The van der Waals surface area contributed by atoms with Gasteiger partial charge in [0.05, 0.1) is 0 Å². The van der Waals surface area contributed by atoms with Crippen LogP contribution in [-0.4, -0.2) is 11.9 Å². The first-order valence-corrected chi connectivity index (χ1v) is 2.75. The molecule has 4 heteroatoms. The zero-order chi connectivity index (χ0) is 6.91. The Bertz CT molecular complexity index is 127. The van der Waals surface area contributed by atoms with Crippen molar-refractivity contribution in [1.29, 1.82) is 0 Å². The molecule has 0 N–H and O–H groups in total. The van der Waals surface area contributed by atoms with E-state index in [2.05, 4.69) is 14.5 Å². The van der Waals surface area contributed by atoms with Crippen molar-refractivity contribution in [2.24, 2.45) is 0 Å². The Morgan fingerprint density at radius 3 is 2.56 bits per heavy atom. The van der Waals surface area contributed by atoms with Crippen LogP contribution >= 0.6 is 0 Å². The SMILES string of the molecule is CCC(=O)OC1(C)OO1. The molecule has 1 fully saturated rings. The van der Waals surface area contributed by atoms with Crippen molar-refractivity contribution in [2.75, 3.05) is 0 Å². The Balaban J connectivity index is 2.25. The van der Waals surface area contributed by atoms with Crippen molar-refractivity contribution in [3.05, 3.63) is 0 Å². The summed E-state index contributed by atoms with van der Waals surface area (Å²) in [6.07, 6.45) is 0.336. The number of hydrogen-bond acceptors (Lipinski definition) is 4. The van der Waals surface area contributed by atoms with Gasteiger partial charge in [0.2, 0.25) is 0 Å². The van der Waals surface area contributed by atoms with Crippen LogP contribution in [0.5, 0.6) is 0 Å². The van der Waals surface area contributed by atoms with Crippen LogP contribution in [0.1, 0.15) is 20.3 Å². The largest absolute Gasteiger partial charge is 0.404 e.